The first-order valence-corrected chi connectivity index (χ1v) is 9.92. The quantitative estimate of drug-likeness (QED) is 0.804. The summed E-state index contributed by atoms with van der Waals surface area (Å²) in [5, 5.41) is 3.03. The molecule has 0 radical (unpaired) electrons. The molecule has 148 valence electrons. The molecule has 0 saturated carbocycles. The van der Waals surface area contributed by atoms with Crippen molar-refractivity contribution in [1.82, 2.24) is 5.32 Å². The van der Waals surface area contributed by atoms with E-state index in [4.69, 9.17) is 4.74 Å². The lowest BCUT2D eigenvalue weighted by Crippen LogP contribution is -2.35. The minimum atomic E-state index is -0.147. The van der Waals surface area contributed by atoms with Gasteiger partial charge in [0.25, 0.3) is 5.91 Å². The average Bonchev–Trinajstić information content (AvgIpc) is 2.68. The average molecular weight is 380 g/mol. The minimum Gasteiger partial charge on any atom is -0.491 e. The summed E-state index contributed by atoms with van der Waals surface area (Å²) in [6.07, 6.45) is 2.67. The molecule has 0 aliphatic carbocycles. The van der Waals surface area contributed by atoms with E-state index in [0.29, 0.717) is 12.0 Å². The zero-order valence-corrected chi connectivity index (χ0v) is 16.8. The Hall–Kier alpha value is -2.82. The van der Waals surface area contributed by atoms with Gasteiger partial charge in [-0.05, 0) is 75.6 Å². The highest BCUT2D eigenvalue weighted by atomic mass is 16.5. The second-order valence-electron chi connectivity index (χ2n) is 7.48. The maximum absolute atomic E-state index is 12.6. The highest BCUT2D eigenvalue weighted by Crippen LogP contribution is 2.23. The molecule has 1 saturated heterocycles. The topological polar surface area (TPSA) is 58.6 Å². The highest BCUT2D eigenvalue weighted by molar-refractivity contribution is 5.97. The van der Waals surface area contributed by atoms with Crippen molar-refractivity contribution in [3.05, 3.63) is 59.7 Å². The van der Waals surface area contributed by atoms with E-state index in [0.717, 1.165) is 36.4 Å². The summed E-state index contributed by atoms with van der Waals surface area (Å²) < 4.78 is 5.73. The van der Waals surface area contributed by atoms with E-state index in [1.807, 2.05) is 57.2 Å². The van der Waals surface area contributed by atoms with Gasteiger partial charge in [0, 0.05) is 24.2 Å². The maximum atomic E-state index is 12.6. The molecule has 28 heavy (non-hydrogen) atoms. The van der Waals surface area contributed by atoms with Gasteiger partial charge in [-0.2, -0.15) is 0 Å². The molecule has 3 rings (SSSR count). The maximum Gasteiger partial charge on any atom is 0.251 e. The van der Waals surface area contributed by atoms with Gasteiger partial charge in [0.05, 0.1) is 12.1 Å². The number of benzene rings is 2. The monoisotopic (exact) mass is 380 g/mol. The molecule has 0 bridgehead atoms. The molecule has 0 spiro atoms. The Morgan fingerprint density at radius 3 is 2.50 bits per heavy atom. The van der Waals surface area contributed by atoms with Crippen LogP contribution in [0, 0.1) is 0 Å². The van der Waals surface area contributed by atoms with Crippen molar-refractivity contribution >= 4 is 17.5 Å². The fourth-order valence-corrected chi connectivity index (χ4v) is 3.36. The van der Waals surface area contributed by atoms with E-state index in [9.17, 15) is 9.59 Å². The van der Waals surface area contributed by atoms with Gasteiger partial charge in [0.1, 0.15) is 5.75 Å². The second kappa shape index (κ2) is 8.91. The molecule has 1 N–H and O–H groups in total. The number of carbonyl (C=O) groups is 2. The third kappa shape index (κ3) is 4.91. The van der Waals surface area contributed by atoms with Crippen molar-refractivity contribution in [3.8, 4) is 5.75 Å². The van der Waals surface area contributed by atoms with Gasteiger partial charge in [-0.25, -0.2) is 0 Å². The van der Waals surface area contributed by atoms with Crippen LogP contribution in [0.5, 0.6) is 5.75 Å². The Bertz CT molecular complexity index is 830. The normalized spacial score (nSPS) is 15.4. The number of anilines is 1. The zero-order chi connectivity index (χ0) is 20.1. The van der Waals surface area contributed by atoms with Crippen LogP contribution in [0.15, 0.2) is 48.5 Å². The van der Waals surface area contributed by atoms with Crippen LogP contribution in [0.2, 0.25) is 0 Å². The van der Waals surface area contributed by atoms with Crippen molar-refractivity contribution in [3.63, 3.8) is 0 Å². The van der Waals surface area contributed by atoms with Crippen molar-refractivity contribution in [2.45, 2.75) is 52.2 Å². The molecular weight excluding hydrogens is 352 g/mol. The molecule has 1 unspecified atom stereocenters. The molecule has 5 nitrogen and oxygen atoms in total. The number of ether oxygens (including phenoxy) is 1. The van der Waals surface area contributed by atoms with Gasteiger partial charge in [-0.15, -0.1) is 0 Å². The van der Waals surface area contributed by atoms with E-state index >= 15 is 0 Å². The largest absolute Gasteiger partial charge is 0.491 e. The first-order valence-electron chi connectivity index (χ1n) is 9.92. The predicted octanol–water partition coefficient (Wildman–Crippen LogP) is 4.48. The summed E-state index contributed by atoms with van der Waals surface area (Å²) in [5.41, 5.74) is 2.42. The molecule has 1 fully saturated rings. The molecule has 1 aliphatic heterocycles. The van der Waals surface area contributed by atoms with Crippen LogP contribution in [0.1, 0.15) is 62.0 Å². The fraction of sp³-hybridized carbons (Fsp3) is 0.391. The molecule has 1 heterocycles. The SMILES string of the molecule is CC(C)Oc1cccc(C(C)NC(=O)c2ccc(N3CCCCC3=O)cc2)c1. The van der Waals surface area contributed by atoms with E-state index in [1.165, 1.54) is 0 Å². The number of nitrogens with one attached hydrogen (secondary N) is 1. The van der Waals surface area contributed by atoms with Gasteiger partial charge in [0.2, 0.25) is 5.91 Å². The van der Waals surface area contributed by atoms with Crippen molar-refractivity contribution < 1.29 is 14.3 Å². The van der Waals surface area contributed by atoms with Gasteiger partial charge < -0.3 is 15.0 Å². The molecule has 0 aromatic heterocycles. The van der Waals surface area contributed by atoms with Crippen LogP contribution < -0.4 is 15.0 Å². The Labute approximate surface area is 166 Å². The molecule has 2 aromatic carbocycles. The molecule has 1 aliphatic rings. The van der Waals surface area contributed by atoms with E-state index in [1.54, 1.807) is 17.0 Å². The predicted molar refractivity (Wildman–Crippen MR) is 111 cm³/mol. The van der Waals surface area contributed by atoms with Crippen LogP contribution in [0.4, 0.5) is 5.69 Å². The second-order valence-corrected chi connectivity index (χ2v) is 7.48. The summed E-state index contributed by atoms with van der Waals surface area (Å²) >= 11 is 0. The van der Waals surface area contributed by atoms with Gasteiger partial charge >= 0.3 is 0 Å². The number of rotatable bonds is 6. The fourth-order valence-electron chi connectivity index (χ4n) is 3.36. The van der Waals surface area contributed by atoms with Crippen LogP contribution in [0.3, 0.4) is 0 Å². The van der Waals surface area contributed by atoms with Crippen LogP contribution in [0.25, 0.3) is 0 Å². The number of nitrogens with zero attached hydrogens (tertiary/aromatic N) is 1. The lowest BCUT2D eigenvalue weighted by molar-refractivity contribution is -0.119. The Balaban J connectivity index is 1.65. The number of amides is 2. The first kappa shape index (κ1) is 19.9. The van der Waals surface area contributed by atoms with Gasteiger partial charge in [-0.1, -0.05) is 12.1 Å². The molecular formula is C23H28N2O3. The Kier molecular flexibility index (Phi) is 6.34. The van der Waals surface area contributed by atoms with Crippen LogP contribution in [-0.2, 0) is 4.79 Å². The lowest BCUT2D eigenvalue weighted by Gasteiger charge is -2.26. The van der Waals surface area contributed by atoms with Crippen molar-refractivity contribution in [1.29, 1.82) is 0 Å². The van der Waals surface area contributed by atoms with Crippen molar-refractivity contribution in [2.24, 2.45) is 0 Å². The Morgan fingerprint density at radius 2 is 1.82 bits per heavy atom. The zero-order valence-electron chi connectivity index (χ0n) is 16.8. The summed E-state index contributed by atoms with van der Waals surface area (Å²) in [5.74, 6) is 0.809. The summed E-state index contributed by atoms with van der Waals surface area (Å²) in [6, 6.07) is 14.9. The molecule has 5 heteroatoms. The molecule has 1 atom stereocenters. The van der Waals surface area contributed by atoms with E-state index < -0.39 is 0 Å². The third-order valence-electron chi connectivity index (χ3n) is 4.84. The summed E-state index contributed by atoms with van der Waals surface area (Å²) in [7, 11) is 0. The number of piperidine rings is 1. The number of carbonyl (C=O) groups excluding carboxylic acids is 2. The van der Waals surface area contributed by atoms with Gasteiger partial charge in [0.15, 0.2) is 0 Å². The highest BCUT2D eigenvalue weighted by Gasteiger charge is 2.20. The number of hydrogen-bond acceptors (Lipinski definition) is 3. The third-order valence-corrected chi connectivity index (χ3v) is 4.84. The minimum absolute atomic E-state index is 0.102. The van der Waals surface area contributed by atoms with Crippen LogP contribution in [-0.4, -0.2) is 24.5 Å². The molecule has 2 amide bonds. The standard InChI is InChI=1S/C23H28N2O3/c1-16(2)28-21-8-6-7-19(15-21)17(3)24-23(27)18-10-12-20(13-11-18)25-14-5-4-9-22(25)26/h6-8,10-13,15-17H,4-5,9,14H2,1-3H3,(H,24,27). The summed E-state index contributed by atoms with van der Waals surface area (Å²) in [6.45, 7) is 6.67. The number of hydrogen-bond donors (Lipinski definition) is 1. The Morgan fingerprint density at radius 1 is 1.07 bits per heavy atom. The van der Waals surface area contributed by atoms with Crippen molar-refractivity contribution in [2.75, 3.05) is 11.4 Å². The molecule has 2 aromatic rings. The first-order chi connectivity index (χ1) is 13.4. The van der Waals surface area contributed by atoms with Crippen LogP contribution >= 0.6 is 0 Å². The smallest absolute Gasteiger partial charge is 0.251 e. The summed E-state index contributed by atoms with van der Waals surface area (Å²) in [4.78, 5) is 26.5. The van der Waals surface area contributed by atoms with Gasteiger partial charge in [-0.3, -0.25) is 9.59 Å². The van der Waals surface area contributed by atoms with E-state index in [-0.39, 0.29) is 24.0 Å². The lowest BCUT2D eigenvalue weighted by atomic mass is 10.1. The van der Waals surface area contributed by atoms with E-state index in [2.05, 4.69) is 5.32 Å².